The summed E-state index contributed by atoms with van der Waals surface area (Å²) in [5, 5.41) is 7.94. The van der Waals surface area contributed by atoms with Gasteiger partial charge >= 0.3 is 0 Å². The first-order chi connectivity index (χ1) is 14.2. The zero-order chi connectivity index (χ0) is 19.8. The van der Waals surface area contributed by atoms with Crippen molar-refractivity contribution in [3.8, 4) is 11.3 Å². The molecule has 7 heteroatoms. The number of nitrogens with two attached hydrogens (primary N) is 1. The first kappa shape index (κ1) is 18.6. The number of halogens is 1. The summed E-state index contributed by atoms with van der Waals surface area (Å²) in [6.45, 7) is 6.35. The molecule has 0 aliphatic carbocycles. The quantitative estimate of drug-likeness (QED) is 0.680. The molecule has 3 aromatic rings. The number of nitrogens with zero attached hydrogens (tertiary/aromatic N) is 4. The van der Waals surface area contributed by atoms with E-state index in [2.05, 4.69) is 62.2 Å². The van der Waals surface area contributed by atoms with E-state index in [0.29, 0.717) is 0 Å². The third-order valence-corrected chi connectivity index (χ3v) is 6.30. The van der Waals surface area contributed by atoms with Gasteiger partial charge in [-0.3, -0.25) is 10.2 Å². The average molecular weight is 410 g/mol. The molecule has 2 aliphatic rings. The fourth-order valence-electron chi connectivity index (χ4n) is 4.15. The first-order valence-electron chi connectivity index (χ1n) is 10.2. The number of quaternary nitrogens is 1. The lowest BCUT2D eigenvalue weighted by Crippen LogP contribution is -2.74. The number of hydrogen-bond acceptors (Lipinski definition) is 3. The van der Waals surface area contributed by atoms with E-state index in [-0.39, 0.29) is 0 Å². The molecular formula is C22H26ClN6+. The van der Waals surface area contributed by atoms with Crippen molar-refractivity contribution in [2.45, 2.75) is 6.54 Å². The summed E-state index contributed by atoms with van der Waals surface area (Å²) < 4.78 is 2.13. The molecule has 0 radical (unpaired) electrons. The normalized spacial score (nSPS) is 17.9. The van der Waals surface area contributed by atoms with Crippen LogP contribution in [0.1, 0.15) is 11.1 Å². The van der Waals surface area contributed by atoms with Crippen LogP contribution in [0.25, 0.3) is 22.0 Å². The molecule has 6 nitrogen and oxygen atoms in total. The highest BCUT2D eigenvalue weighted by Crippen LogP contribution is 2.40. The van der Waals surface area contributed by atoms with Crippen LogP contribution < -0.4 is 5.32 Å². The smallest absolute Gasteiger partial charge is 0.237 e. The predicted molar refractivity (Wildman–Crippen MR) is 117 cm³/mol. The molecule has 0 amide bonds. The van der Waals surface area contributed by atoms with E-state index in [4.69, 9.17) is 16.7 Å². The molecule has 1 fully saturated rings. The summed E-state index contributed by atoms with van der Waals surface area (Å²) in [6.07, 6.45) is 3.91. The Balaban J connectivity index is 1.46. The van der Waals surface area contributed by atoms with E-state index in [1.165, 1.54) is 0 Å². The Morgan fingerprint density at radius 2 is 1.83 bits per heavy atom. The molecule has 5 rings (SSSR count). The van der Waals surface area contributed by atoms with Crippen LogP contribution in [-0.4, -0.2) is 64.3 Å². The molecular weight excluding hydrogens is 384 g/mol. The monoisotopic (exact) mass is 409 g/mol. The topological polar surface area (TPSA) is 56.7 Å². The number of likely N-dealkylation sites (N-methyl/N-ethyl adjacent to an activating group) is 1. The lowest BCUT2D eigenvalue weighted by Gasteiger charge is -2.32. The van der Waals surface area contributed by atoms with Crippen LogP contribution in [0.3, 0.4) is 0 Å². The Morgan fingerprint density at radius 3 is 2.55 bits per heavy atom. The number of piperazine rings is 1. The van der Waals surface area contributed by atoms with Gasteiger partial charge in [0.2, 0.25) is 5.82 Å². The van der Waals surface area contributed by atoms with Crippen molar-refractivity contribution in [2.75, 3.05) is 39.8 Å². The second kappa shape index (κ2) is 7.80. The van der Waals surface area contributed by atoms with E-state index in [0.717, 1.165) is 78.2 Å². The van der Waals surface area contributed by atoms with Crippen LogP contribution >= 0.6 is 11.6 Å². The fourth-order valence-corrected chi connectivity index (χ4v) is 4.50. The Morgan fingerprint density at radius 1 is 1.03 bits per heavy atom. The molecule has 2 aromatic heterocycles. The van der Waals surface area contributed by atoms with Crippen molar-refractivity contribution < 1.29 is 5.32 Å². The summed E-state index contributed by atoms with van der Waals surface area (Å²) >= 11 is 6.91. The fraction of sp³-hybridized carbons (Fsp3) is 0.318. The van der Waals surface area contributed by atoms with E-state index >= 15 is 0 Å². The summed E-state index contributed by atoms with van der Waals surface area (Å²) in [6, 6.07) is 12.4. The van der Waals surface area contributed by atoms with Crippen molar-refractivity contribution in [3.63, 3.8) is 0 Å². The summed E-state index contributed by atoms with van der Waals surface area (Å²) in [7, 11) is 2.19. The number of nitrogens with one attached hydrogen (secondary N) is 1. The zero-order valence-corrected chi connectivity index (χ0v) is 17.4. The predicted octanol–water partition coefficient (Wildman–Crippen LogP) is 2.40. The van der Waals surface area contributed by atoms with Crippen LogP contribution in [0, 0.1) is 0 Å². The maximum Gasteiger partial charge on any atom is 0.237 e. The largest absolute Gasteiger partial charge is 0.367 e. The second-order valence-electron chi connectivity index (χ2n) is 7.81. The molecule has 150 valence electrons. The molecule has 29 heavy (non-hydrogen) atoms. The lowest BCUT2D eigenvalue weighted by molar-refractivity contribution is -0.472. The second-order valence-corrected chi connectivity index (χ2v) is 8.19. The number of aromatic amines is 1. The highest BCUT2D eigenvalue weighted by molar-refractivity contribution is 6.53. The number of hydrogen-bond donors (Lipinski definition) is 2. The third kappa shape index (κ3) is 3.53. The van der Waals surface area contributed by atoms with Gasteiger partial charge in [0.1, 0.15) is 16.3 Å². The first-order valence-corrected chi connectivity index (χ1v) is 10.5. The van der Waals surface area contributed by atoms with Gasteiger partial charge in [0, 0.05) is 56.2 Å². The molecule has 3 N–H and O–H groups in total. The summed E-state index contributed by atoms with van der Waals surface area (Å²) in [5.41, 5.74) is 5.28. The molecule has 1 aromatic carbocycles. The summed E-state index contributed by atoms with van der Waals surface area (Å²) in [5.74, 6) is 1.11. The van der Waals surface area contributed by atoms with E-state index < -0.39 is 0 Å². The van der Waals surface area contributed by atoms with Crippen molar-refractivity contribution in [1.82, 2.24) is 24.6 Å². The SMILES string of the molecule is CN1CCN(CCn2nc(-c3cc[nH]c3)c3c2[NH2+]C(c2ccccc2)=C3Cl)CC1. The number of fused-ring (bicyclic) bond motifs is 1. The molecule has 0 spiro atoms. The number of rotatable bonds is 5. The lowest BCUT2D eigenvalue weighted by atomic mass is 10.1. The maximum absolute atomic E-state index is 6.91. The number of benzene rings is 1. The van der Waals surface area contributed by atoms with Gasteiger partial charge in [0.15, 0.2) is 5.70 Å². The standard InChI is InChI=1S/C22H25ClN6/c1-27-9-11-28(12-10-27)13-14-29-22-18(20(26-29)17-7-8-24-15-17)19(23)21(25-22)16-5-3-2-4-6-16/h2-8,15,24-25H,9-14H2,1H3/p+1. The molecule has 0 unspecified atom stereocenters. The van der Waals surface area contributed by atoms with Gasteiger partial charge in [-0.2, -0.15) is 5.10 Å². The molecule has 0 saturated carbocycles. The Labute approximate surface area is 175 Å². The van der Waals surface area contributed by atoms with Crippen LogP contribution in [0.5, 0.6) is 0 Å². The minimum Gasteiger partial charge on any atom is -0.367 e. The van der Waals surface area contributed by atoms with Crippen LogP contribution in [0.15, 0.2) is 48.8 Å². The summed E-state index contributed by atoms with van der Waals surface area (Å²) in [4.78, 5) is 8.05. The van der Waals surface area contributed by atoms with Gasteiger partial charge in [-0.1, -0.05) is 29.8 Å². The molecule has 2 aliphatic heterocycles. The molecule has 4 heterocycles. The van der Waals surface area contributed by atoms with E-state index in [1.54, 1.807) is 0 Å². The molecule has 0 bridgehead atoms. The Hall–Kier alpha value is -2.38. The highest BCUT2D eigenvalue weighted by Gasteiger charge is 2.35. The molecule has 1 saturated heterocycles. The maximum atomic E-state index is 6.91. The Kier molecular flexibility index (Phi) is 5.01. The minimum atomic E-state index is 0.785. The van der Waals surface area contributed by atoms with E-state index in [9.17, 15) is 0 Å². The number of aromatic nitrogens is 3. The number of H-pyrrole nitrogens is 1. The zero-order valence-electron chi connectivity index (χ0n) is 16.6. The van der Waals surface area contributed by atoms with Gasteiger partial charge in [-0.15, -0.1) is 0 Å². The van der Waals surface area contributed by atoms with Crippen molar-refractivity contribution in [1.29, 1.82) is 0 Å². The third-order valence-electron chi connectivity index (χ3n) is 5.91. The van der Waals surface area contributed by atoms with Gasteiger partial charge in [0.05, 0.1) is 6.54 Å². The highest BCUT2D eigenvalue weighted by atomic mass is 35.5. The van der Waals surface area contributed by atoms with Crippen molar-refractivity contribution >= 4 is 28.1 Å². The van der Waals surface area contributed by atoms with Crippen LogP contribution in [0.2, 0.25) is 0 Å². The minimum absolute atomic E-state index is 0.785. The van der Waals surface area contributed by atoms with E-state index in [1.807, 2.05) is 18.5 Å². The van der Waals surface area contributed by atoms with Crippen molar-refractivity contribution in [3.05, 3.63) is 59.9 Å². The van der Waals surface area contributed by atoms with Gasteiger partial charge in [-0.05, 0) is 25.2 Å². The van der Waals surface area contributed by atoms with Crippen LogP contribution in [0.4, 0.5) is 5.82 Å². The van der Waals surface area contributed by atoms with Crippen LogP contribution in [-0.2, 0) is 6.54 Å². The average Bonchev–Trinajstić information content (AvgIpc) is 3.46. The Bertz CT molecular complexity index is 1010. The van der Waals surface area contributed by atoms with Gasteiger partial charge in [-0.25, -0.2) is 4.68 Å². The van der Waals surface area contributed by atoms with Gasteiger partial charge in [0.25, 0.3) is 0 Å². The van der Waals surface area contributed by atoms with Crippen molar-refractivity contribution in [2.24, 2.45) is 0 Å². The van der Waals surface area contributed by atoms with Gasteiger partial charge < -0.3 is 9.88 Å². The molecule has 0 atom stereocenters.